The predicted octanol–water partition coefficient (Wildman–Crippen LogP) is 3.13. The quantitative estimate of drug-likeness (QED) is 0.865. The van der Waals surface area contributed by atoms with Crippen LogP contribution in [0.3, 0.4) is 0 Å². The number of nitrogens with one attached hydrogen (secondary N) is 1. The van der Waals surface area contributed by atoms with Gasteiger partial charge >= 0.3 is 0 Å². The number of hydrogen-bond acceptors (Lipinski definition) is 4. The Hall–Kier alpha value is -2.30. The molecular formula is C17H19NO4. The van der Waals surface area contributed by atoms with Crippen LogP contribution in [0.1, 0.15) is 45.1 Å². The van der Waals surface area contributed by atoms with Crippen molar-refractivity contribution in [2.45, 2.75) is 45.1 Å². The predicted molar refractivity (Wildman–Crippen MR) is 81.7 cm³/mol. The van der Waals surface area contributed by atoms with E-state index in [0.29, 0.717) is 18.4 Å². The van der Waals surface area contributed by atoms with E-state index in [1.807, 2.05) is 39.0 Å². The molecule has 0 radical (unpaired) electrons. The Morgan fingerprint density at radius 3 is 2.73 bits per heavy atom. The van der Waals surface area contributed by atoms with Gasteiger partial charge in [0.05, 0.1) is 12.2 Å². The van der Waals surface area contributed by atoms with Crippen LogP contribution >= 0.6 is 0 Å². The number of hydrogen-bond donors (Lipinski definition) is 1. The third-order valence-corrected chi connectivity index (χ3v) is 3.62. The van der Waals surface area contributed by atoms with Crippen LogP contribution in [0.2, 0.25) is 0 Å². The van der Waals surface area contributed by atoms with Gasteiger partial charge in [0.25, 0.3) is 0 Å². The molecule has 22 heavy (non-hydrogen) atoms. The van der Waals surface area contributed by atoms with Crippen molar-refractivity contribution in [1.29, 1.82) is 0 Å². The van der Waals surface area contributed by atoms with Crippen molar-refractivity contribution < 1.29 is 18.7 Å². The Bertz CT molecular complexity index is 739. The molecule has 1 fully saturated rings. The fourth-order valence-corrected chi connectivity index (χ4v) is 2.71. The molecule has 1 N–H and O–H groups in total. The molecule has 5 nitrogen and oxygen atoms in total. The first-order valence-corrected chi connectivity index (χ1v) is 7.37. The van der Waals surface area contributed by atoms with E-state index < -0.39 is 0 Å². The molecule has 0 spiro atoms. The van der Waals surface area contributed by atoms with Crippen LogP contribution in [0.5, 0.6) is 5.75 Å². The van der Waals surface area contributed by atoms with Crippen LogP contribution in [-0.2, 0) is 9.59 Å². The highest BCUT2D eigenvalue weighted by molar-refractivity contribution is 6.02. The SMILES string of the molecule is CC(C)(C)Oc1ccc2c(C3CCC(=O)NC3=O)coc2c1. The number of ether oxygens (including phenoxy) is 1. The minimum absolute atomic E-state index is 0.213. The Labute approximate surface area is 128 Å². The molecule has 0 aliphatic carbocycles. The fraction of sp³-hybridized carbons (Fsp3) is 0.412. The summed E-state index contributed by atoms with van der Waals surface area (Å²) >= 11 is 0. The molecule has 116 valence electrons. The van der Waals surface area contributed by atoms with E-state index >= 15 is 0 Å². The molecular weight excluding hydrogens is 282 g/mol. The highest BCUT2D eigenvalue weighted by Gasteiger charge is 2.30. The highest BCUT2D eigenvalue weighted by atomic mass is 16.5. The largest absolute Gasteiger partial charge is 0.488 e. The van der Waals surface area contributed by atoms with Gasteiger partial charge in [0.15, 0.2) is 0 Å². The number of furan rings is 1. The summed E-state index contributed by atoms with van der Waals surface area (Å²) in [6.45, 7) is 5.94. The second-order valence-electron chi connectivity index (χ2n) is 6.57. The lowest BCUT2D eigenvalue weighted by Crippen LogP contribution is -2.39. The van der Waals surface area contributed by atoms with Crippen molar-refractivity contribution in [2.24, 2.45) is 0 Å². The molecule has 1 aromatic heterocycles. The molecule has 5 heteroatoms. The lowest BCUT2D eigenvalue weighted by molar-refractivity contribution is -0.134. The summed E-state index contributed by atoms with van der Waals surface area (Å²) < 4.78 is 11.4. The van der Waals surface area contributed by atoms with Crippen LogP contribution in [0.25, 0.3) is 11.0 Å². The summed E-state index contributed by atoms with van der Waals surface area (Å²) in [5.74, 6) is -0.0820. The van der Waals surface area contributed by atoms with Gasteiger partial charge in [0.2, 0.25) is 11.8 Å². The molecule has 0 saturated carbocycles. The minimum Gasteiger partial charge on any atom is -0.488 e. The zero-order valence-corrected chi connectivity index (χ0v) is 12.9. The van der Waals surface area contributed by atoms with Gasteiger partial charge < -0.3 is 9.15 Å². The molecule has 1 atom stereocenters. The summed E-state index contributed by atoms with van der Waals surface area (Å²) in [4.78, 5) is 23.3. The van der Waals surface area contributed by atoms with Gasteiger partial charge in [-0.05, 0) is 39.3 Å². The van der Waals surface area contributed by atoms with Crippen molar-refractivity contribution >= 4 is 22.8 Å². The van der Waals surface area contributed by atoms with E-state index in [9.17, 15) is 9.59 Å². The topological polar surface area (TPSA) is 68.5 Å². The first-order valence-electron chi connectivity index (χ1n) is 7.37. The Morgan fingerprint density at radius 1 is 1.27 bits per heavy atom. The standard InChI is InChI=1S/C17H19NO4/c1-17(2,3)22-10-4-5-11-13(9-21-14(11)8-10)12-6-7-15(19)18-16(12)20/h4-5,8-9,12H,6-7H2,1-3H3,(H,18,19,20). The number of piperidine rings is 1. The summed E-state index contributed by atoms with van der Waals surface area (Å²) in [6.07, 6.45) is 2.47. The average Bonchev–Trinajstić information content (AvgIpc) is 2.80. The van der Waals surface area contributed by atoms with E-state index in [0.717, 1.165) is 16.7 Å². The van der Waals surface area contributed by atoms with Gasteiger partial charge in [0, 0.05) is 23.4 Å². The Morgan fingerprint density at radius 2 is 2.05 bits per heavy atom. The molecule has 1 saturated heterocycles. The summed E-state index contributed by atoms with van der Waals surface area (Å²) in [5.41, 5.74) is 1.22. The number of rotatable bonds is 2. The number of carbonyl (C=O) groups is 2. The summed E-state index contributed by atoms with van der Waals surface area (Å²) in [5, 5.41) is 3.27. The zero-order valence-electron chi connectivity index (χ0n) is 12.9. The lowest BCUT2D eigenvalue weighted by atomic mass is 9.90. The van der Waals surface area contributed by atoms with Gasteiger partial charge in [-0.2, -0.15) is 0 Å². The van der Waals surface area contributed by atoms with Crippen LogP contribution in [0, 0.1) is 0 Å². The highest BCUT2D eigenvalue weighted by Crippen LogP contribution is 2.34. The number of amides is 2. The van der Waals surface area contributed by atoms with Crippen molar-refractivity contribution in [2.75, 3.05) is 0 Å². The molecule has 1 aliphatic rings. The van der Waals surface area contributed by atoms with Crippen LogP contribution in [0.4, 0.5) is 0 Å². The maximum atomic E-state index is 12.0. The first kappa shape index (κ1) is 14.6. The van der Waals surface area contributed by atoms with Crippen molar-refractivity contribution in [1.82, 2.24) is 5.32 Å². The third-order valence-electron chi connectivity index (χ3n) is 3.62. The molecule has 3 rings (SSSR count). The normalized spacial score (nSPS) is 19.3. The summed E-state index contributed by atoms with van der Waals surface area (Å²) in [7, 11) is 0. The maximum absolute atomic E-state index is 12.0. The Balaban J connectivity index is 1.93. The number of carbonyl (C=O) groups excluding carboxylic acids is 2. The molecule has 0 bridgehead atoms. The van der Waals surface area contributed by atoms with Crippen LogP contribution in [-0.4, -0.2) is 17.4 Å². The zero-order chi connectivity index (χ0) is 15.9. The maximum Gasteiger partial charge on any atom is 0.234 e. The number of benzene rings is 1. The van der Waals surface area contributed by atoms with Crippen molar-refractivity contribution in [3.63, 3.8) is 0 Å². The van der Waals surface area contributed by atoms with Crippen molar-refractivity contribution in [3.05, 3.63) is 30.0 Å². The second kappa shape index (κ2) is 5.16. The molecule has 1 aromatic carbocycles. The lowest BCUT2D eigenvalue weighted by Gasteiger charge is -2.21. The first-order chi connectivity index (χ1) is 10.3. The van der Waals surface area contributed by atoms with Crippen LogP contribution in [0.15, 0.2) is 28.9 Å². The monoisotopic (exact) mass is 301 g/mol. The third kappa shape index (κ3) is 2.84. The van der Waals surface area contributed by atoms with E-state index in [2.05, 4.69) is 5.32 Å². The van der Waals surface area contributed by atoms with Crippen molar-refractivity contribution in [3.8, 4) is 5.75 Å². The van der Waals surface area contributed by atoms with Gasteiger partial charge in [-0.15, -0.1) is 0 Å². The van der Waals surface area contributed by atoms with E-state index in [4.69, 9.17) is 9.15 Å². The van der Waals surface area contributed by atoms with Gasteiger partial charge in [-0.1, -0.05) is 0 Å². The molecule has 2 amide bonds. The smallest absolute Gasteiger partial charge is 0.234 e. The van der Waals surface area contributed by atoms with Gasteiger partial charge in [0.1, 0.15) is 16.9 Å². The van der Waals surface area contributed by atoms with Gasteiger partial charge in [-0.25, -0.2) is 0 Å². The van der Waals surface area contributed by atoms with E-state index in [1.54, 1.807) is 6.26 Å². The number of imide groups is 1. The molecule has 1 unspecified atom stereocenters. The molecule has 2 aromatic rings. The molecule has 2 heterocycles. The summed E-state index contributed by atoms with van der Waals surface area (Å²) in [6, 6.07) is 5.60. The van der Waals surface area contributed by atoms with E-state index in [-0.39, 0.29) is 23.3 Å². The van der Waals surface area contributed by atoms with Gasteiger partial charge in [-0.3, -0.25) is 14.9 Å². The van der Waals surface area contributed by atoms with Crippen LogP contribution < -0.4 is 10.1 Å². The van der Waals surface area contributed by atoms with E-state index in [1.165, 1.54) is 0 Å². The average molecular weight is 301 g/mol. The fourth-order valence-electron chi connectivity index (χ4n) is 2.71. The number of fused-ring (bicyclic) bond motifs is 1. The minimum atomic E-state index is -0.340. The second-order valence-corrected chi connectivity index (χ2v) is 6.57. The Kier molecular flexibility index (Phi) is 3.43. The molecule has 1 aliphatic heterocycles.